The van der Waals surface area contributed by atoms with Crippen LogP contribution < -0.4 is 10.2 Å². The number of halogens is 1. The number of ether oxygens (including phenoxy) is 1. The minimum atomic E-state index is 0.385. The lowest BCUT2D eigenvalue weighted by molar-refractivity contribution is 0.160. The van der Waals surface area contributed by atoms with Gasteiger partial charge < -0.3 is 9.94 Å². The molecule has 66 valence electrons. The van der Waals surface area contributed by atoms with E-state index in [9.17, 15) is 0 Å². The predicted molar refractivity (Wildman–Crippen MR) is 49.3 cm³/mol. The van der Waals surface area contributed by atoms with Crippen molar-refractivity contribution in [2.75, 3.05) is 7.11 Å². The number of hydroxylamine groups is 1. The Morgan fingerprint density at radius 3 is 2.92 bits per heavy atom. The van der Waals surface area contributed by atoms with Gasteiger partial charge in [-0.05, 0) is 12.1 Å². The smallest absolute Gasteiger partial charge is 0.124 e. The third-order valence-electron chi connectivity index (χ3n) is 1.52. The van der Waals surface area contributed by atoms with Crippen LogP contribution in [0.25, 0.3) is 0 Å². The minimum absolute atomic E-state index is 0.385. The molecule has 0 atom stereocenters. The van der Waals surface area contributed by atoms with Crippen molar-refractivity contribution < 1.29 is 9.94 Å². The number of hydrogen-bond donors (Lipinski definition) is 2. The Morgan fingerprint density at radius 1 is 1.58 bits per heavy atom. The van der Waals surface area contributed by atoms with E-state index in [1.54, 1.807) is 7.11 Å². The van der Waals surface area contributed by atoms with E-state index < -0.39 is 0 Å². The molecule has 0 bridgehead atoms. The largest absolute Gasteiger partial charge is 0.496 e. The predicted octanol–water partition coefficient (Wildman–Crippen LogP) is 1.94. The number of methoxy groups -OCH3 is 1. The molecule has 0 aliphatic carbocycles. The van der Waals surface area contributed by atoms with Gasteiger partial charge in [-0.25, -0.2) is 5.48 Å². The quantitative estimate of drug-likeness (QED) is 0.782. The molecule has 0 aliphatic rings. The summed E-state index contributed by atoms with van der Waals surface area (Å²) in [6.07, 6.45) is 0. The second-order valence-corrected chi connectivity index (χ2v) is 3.21. The van der Waals surface area contributed by atoms with Gasteiger partial charge in [0.05, 0.1) is 7.11 Å². The standard InChI is InChI=1S/C8H10BrNO2/c1-12-8-4-7(9)3-2-6(8)5-10-11/h2-4,10-11H,5H2,1H3. The molecule has 1 aromatic rings. The van der Waals surface area contributed by atoms with Crippen molar-refractivity contribution in [3.05, 3.63) is 28.2 Å². The van der Waals surface area contributed by atoms with Gasteiger partial charge in [0.1, 0.15) is 5.75 Å². The van der Waals surface area contributed by atoms with Gasteiger partial charge >= 0.3 is 0 Å². The molecule has 3 nitrogen and oxygen atoms in total. The Hall–Kier alpha value is -0.580. The Labute approximate surface area is 79.4 Å². The zero-order valence-electron chi connectivity index (χ0n) is 6.67. The fraction of sp³-hybridized carbons (Fsp3) is 0.250. The van der Waals surface area contributed by atoms with Gasteiger partial charge in [-0.2, -0.15) is 0 Å². The van der Waals surface area contributed by atoms with E-state index in [0.29, 0.717) is 6.54 Å². The highest BCUT2D eigenvalue weighted by Crippen LogP contribution is 2.22. The molecule has 0 saturated carbocycles. The van der Waals surface area contributed by atoms with Crippen LogP contribution in [0.2, 0.25) is 0 Å². The fourth-order valence-electron chi connectivity index (χ4n) is 0.950. The van der Waals surface area contributed by atoms with Crippen LogP contribution in [-0.2, 0) is 6.54 Å². The van der Waals surface area contributed by atoms with Crippen LogP contribution in [0.4, 0.5) is 0 Å². The average Bonchev–Trinajstić information content (AvgIpc) is 2.08. The number of nitrogens with one attached hydrogen (secondary N) is 1. The summed E-state index contributed by atoms with van der Waals surface area (Å²) < 4.78 is 6.06. The fourth-order valence-corrected chi connectivity index (χ4v) is 1.29. The van der Waals surface area contributed by atoms with Crippen LogP contribution in [0.15, 0.2) is 22.7 Å². The maximum atomic E-state index is 8.49. The van der Waals surface area contributed by atoms with Gasteiger partial charge in [0.25, 0.3) is 0 Å². The van der Waals surface area contributed by atoms with E-state index in [-0.39, 0.29) is 0 Å². The molecule has 0 radical (unpaired) electrons. The van der Waals surface area contributed by atoms with Crippen LogP contribution in [0.1, 0.15) is 5.56 Å². The molecule has 1 rings (SSSR count). The molecular weight excluding hydrogens is 222 g/mol. The summed E-state index contributed by atoms with van der Waals surface area (Å²) in [4.78, 5) is 0. The van der Waals surface area contributed by atoms with Crippen molar-refractivity contribution in [2.45, 2.75) is 6.54 Å². The van der Waals surface area contributed by atoms with Gasteiger partial charge in [-0.1, -0.05) is 22.0 Å². The van der Waals surface area contributed by atoms with Gasteiger partial charge in [-0.3, -0.25) is 0 Å². The van der Waals surface area contributed by atoms with Crippen LogP contribution in [-0.4, -0.2) is 12.3 Å². The lowest BCUT2D eigenvalue weighted by Crippen LogP contribution is -2.07. The van der Waals surface area contributed by atoms with Gasteiger partial charge in [-0.15, -0.1) is 0 Å². The van der Waals surface area contributed by atoms with Gasteiger partial charge in [0.15, 0.2) is 0 Å². The Morgan fingerprint density at radius 2 is 2.33 bits per heavy atom. The number of benzene rings is 1. The van der Waals surface area contributed by atoms with Crippen molar-refractivity contribution in [1.29, 1.82) is 0 Å². The van der Waals surface area contributed by atoms with Gasteiger partial charge in [0, 0.05) is 16.6 Å². The molecule has 0 aliphatic heterocycles. The van der Waals surface area contributed by atoms with E-state index in [2.05, 4.69) is 21.4 Å². The van der Waals surface area contributed by atoms with E-state index in [0.717, 1.165) is 15.8 Å². The highest BCUT2D eigenvalue weighted by atomic mass is 79.9. The first-order valence-corrected chi connectivity index (χ1v) is 4.26. The Bertz CT molecular complexity index is 265. The highest BCUT2D eigenvalue weighted by molar-refractivity contribution is 9.10. The molecule has 12 heavy (non-hydrogen) atoms. The Kier molecular flexibility index (Phi) is 3.52. The van der Waals surface area contributed by atoms with E-state index in [4.69, 9.17) is 9.94 Å². The van der Waals surface area contributed by atoms with Crippen LogP contribution in [0.5, 0.6) is 5.75 Å². The molecule has 0 aromatic heterocycles. The maximum absolute atomic E-state index is 8.49. The summed E-state index contributed by atoms with van der Waals surface area (Å²) in [5, 5.41) is 8.49. The van der Waals surface area contributed by atoms with E-state index in [1.165, 1.54) is 0 Å². The molecule has 0 saturated heterocycles. The monoisotopic (exact) mass is 231 g/mol. The minimum Gasteiger partial charge on any atom is -0.496 e. The maximum Gasteiger partial charge on any atom is 0.124 e. The van der Waals surface area contributed by atoms with E-state index >= 15 is 0 Å². The number of hydrogen-bond acceptors (Lipinski definition) is 3. The Balaban J connectivity index is 2.94. The summed E-state index contributed by atoms with van der Waals surface area (Å²) in [5.41, 5.74) is 3.00. The highest BCUT2D eigenvalue weighted by Gasteiger charge is 2.01. The summed E-state index contributed by atoms with van der Waals surface area (Å²) in [7, 11) is 1.60. The lowest BCUT2D eigenvalue weighted by atomic mass is 10.2. The molecule has 0 unspecified atom stereocenters. The topological polar surface area (TPSA) is 41.5 Å². The van der Waals surface area contributed by atoms with Gasteiger partial charge in [0.2, 0.25) is 0 Å². The molecule has 0 spiro atoms. The molecule has 0 heterocycles. The summed E-state index contributed by atoms with van der Waals surface area (Å²) in [6.45, 7) is 0.385. The summed E-state index contributed by atoms with van der Waals surface area (Å²) in [5.74, 6) is 0.755. The first-order chi connectivity index (χ1) is 5.77. The van der Waals surface area contributed by atoms with Crippen LogP contribution in [0.3, 0.4) is 0 Å². The molecule has 0 fully saturated rings. The molecule has 2 N–H and O–H groups in total. The second-order valence-electron chi connectivity index (χ2n) is 2.29. The summed E-state index contributed by atoms with van der Waals surface area (Å²) >= 11 is 3.33. The number of rotatable bonds is 3. The zero-order valence-corrected chi connectivity index (χ0v) is 8.26. The van der Waals surface area contributed by atoms with Crippen LogP contribution >= 0.6 is 15.9 Å². The van der Waals surface area contributed by atoms with Crippen LogP contribution in [0, 0.1) is 0 Å². The van der Waals surface area contributed by atoms with Crippen molar-refractivity contribution in [3.8, 4) is 5.75 Å². The third-order valence-corrected chi connectivity index (χ3v) is 2.01. The SMILES string of the molecule is COc1cc(Br)ccc1CNO. The molecule has 0 amide bonds. The van der Waals surface area contributed by atoms with Crippen molar-refractivity contribution >= 4 is 15.9 Å². The lowest BCUT2D eigenvalue weighted by Gasteiger charge is -2.07. The molecular formula is C8H10BrNO2. The molecule has 4 heteroatoms. The third kappa shape index (κ3) is 2.20. The average molecular weight is 232 g/mol. The normalized spacial score (nSPS) is 9.92. The van der Waals surface area contributed by atoms with Crippen molar-refractivity contribution in [1.82, 2.24) is 5.48 Å². The summed E-state index contributed by atoms with van der Waals surface area (Å²) in [6, 6.07) is 5.63. The first-order valence-electron chi connectivity index (χ1n) is 3.47. The first kappa shape index (κ1) is 9.51. The zero-order chi connectivity index (χ0) is 8.97. The van der Waals surface area contributed by atoms with E-state index in [1.807, 2.05) is 18.2 Å². The second kappa shape index (κ2) is 4.45. The molecule has 1 aromatic carbocycles. The van der Waals surface area contributed by atoms with Crippen molar-refractivity contribution in [3.63, 3.8) is 0 Å². The van der Waals surface area contributed by atoms with Crippen molar-refractivity contribution in [2.24, 2.45) is 0 Å².